The van der Waals surface area contributed by atoms with Crippen LogP contribution in [-0.2, 0) is 24.1 Å². The van der Waals surface area contributed by atoms with Gasteiger partial charge in [0.1, 0.15) is 6.61 Å². The van der Waals surface area contributed by atoms with Gasteiger partial charge in [-0.15, -0.1) is 0 Å². The van der Waals surface area contributed by atoms with Crippen molar-refractivity contribution < 1.29 is 14.3 Å². The molecule has 130 valence electrons. The summed E-state index contributed by atoms with van der Waals surface area (Å²) in [6, 6.07) is 14.1. The zero-order valence-electron chi connectivity index (χ0n) is 14.5. The summed E-state index contributed by atoms with van der Waals surface area (Å²) in [4.78, 5) is 14.3. The summed E-state index contributed by atoms with van der Waals surface area (Å²) in [6.45, 7) is 0.992. The van der Waals surface area contributed by atoms with Crippen LogP contribution < -0.4 is 9.47 Å². The minimum atomic E-state index is -0.135. The van der Waals surface area contributed by atoms with Crippen LogP contribution in [0.2, 0.25) is 0 Å². The van der Waals surface area contributed by atoms with Gasteiger partial charge in [0.2, 0.25) is 5.91 Å². The van der Waals surface area contributed by atoms with E-state index in [0.29, 0.717) is 19.6 Å². The lowest BCUT2D eigenvalue weighted by Crippen LogP contribution is -2.42. The molecule has 1 atom stereocenters. The van der Waals surface area contributed by atoms with Gasteiger partial charge in [0.15, 0.2) is 17.6 Å². The number of rotatable bonds is 4. The minimum absolute atomic E-state index is 0.111. The molecule has 0 bridgehead atoms. The molecule has 4 heteroatoms. The monoisotopic (exact) mass is 337 g/mol. The van der Waals surface area contributed by atoms with Crippen molar-refractivity contribution in [3.8, 4) is 11.5 Å². The lowest BCUT2D eigenvalue weighted by molar-refractivity contribution is -0.130. The summed E-state index contributed by atoms with van der Waals surface area (Å²) in [6.07, 6.45) is 3.84. The Morgan fingerprint density at radius 1 is 1.12 bits per heavy atom. The van der Waals surface area contributed by atoms with E-state index in [2.05, 4.69) is 18.2 Å². The van der Waals surface area contributed by atoms with Gasteiger partial charge in [-0.05, 0) is 48.1 Å². The molecule has 4 rings (SSSR count). The molecule has 0 saturated carbocycles. The Labute approximate surface area is 148 Å². The molecule has 2 aliphatic rings. The van der Waals surface area contributed by atoms with Crippen molar-refractivity contribution in [1.82, 2.24) is 4.90 Å². The first-order chi connectivity index (χ1) is 12.2. The maximum absolute atomic E-state index is 12.6. The molecule has 25 heavy (non-hydrogen) atoms. The molecular weight excluding hydrogens is 314 g/mol. The third kappa shape index (κ3) is 3.48. The molecule has 1 unspecified atom stereocenters. The highest BCUT2D eigenvalue weighted by atomic mass is 16.6. The van der Waals surface area contributed by atoms with Crippen molar-refractivity contribution in [1.29, 1.82) is 0 Å². The normalized spacial score (nSPS) is 17.9. The fourth-order valence-electron chi connectivity index (χ4n) is 3.61. The van der Waals surface area contributed by atoms with E-state index in [4.69, 9.17) is 9.47 Å². The van der Waals surface area contributed by atoms with Crippen molar-refractivity contribution in [3.05, 3.63) is 59.2 Å². The fraction of sp³-hybridized carbons (Fsp3) is 0.381. The van der Waals surface area contributed by atoms with E-state index in [1.165, 1.54) is 24.0 Å². The van der Waals surface area contributed by atoms with Crippen LogP contribution in [0, 0.1) is 0 Å². The number of para-hydroxylation sites is 2. The highest BCUT2D eigenvalue weighted by Gasteiger charge is 2.24. The second-order valence-electron chi connectivity index (χ2n) is 6.91. The van der Waals surface area contributed by atoms with Gasteiger partial charge in [-0.2, -0.15) is 0 Å². The Kier molecular flexibility index (Phi) is 4.35. The first-order valence-corrected chi connectivity index (χ1v) is 8.92. The Bertz CT molecular complexity index is 786. The van der Waals surface area contributed by atoms with Crippen LogP contribution >= 0.6 is 0 Å². The van der Waals surface area contributed by atoms with E-state index >= 15 is 0 Å². The zero-order chi connectivity index (χ0) is 17.2. The number of nitrogens with zero attached hydrogens (tertiary/aromatic N) is 1. The van der Waals surface area contributed by atoms with Gasteiger partial charge >= 0.3 is 0 Å². The van der Waals surface area contributed by atoms with E-state index in [1.54, 1.807) is 4.90 Å². The van der Waals surface area contributed by atoms with Crippen LogP contribution in [0.25, 0.3) is 0 Å². The first-order valence-electron chi connectivity index (χ1n) is 8.92. The molecule has 2 aromatic carbocycles. The Balaban J connectivity index is 1.35. The molecule has 1 aliphatic carbocycles. The smallest absolute Gasteiger partial charge is 0.226 e. The number of hydrogen-bond acceptors (Lipinski definition) is 3. The van der Waals surface area contributed by atoms with Gasteiger partial charge in [0.05, 0.1) is 13.0 Å². The van der Waals surface area contributed by atoms with Gasteiger partial charge in [-0.25, -0.2) is 0 Å². The Hall–Kier alpha value is -2.49. The average Bonchev–Trinajstić information content (AvgIpc) is 3.09. The molecule has 1 heterocycles. The van der Waals surface area contributed by atoms with Gasteiger partial charge in [-0.3, -0.25) is 4.79 Å². The highest BCUT2D eigenvalue weighted by molar-refractivity contribution is 5.78. The average molecular weight is 337 g/mol. The third-order valence-electron chi connectivity index (χ3n) is 4.99. The zero-order valence-corrected chi connectivity index (χ0v) is 14.5. The second-order valence-corrected chi connectivity index (χ2v) is 6.91. The lowest BCUT2D eigenvalue weighted by Gasteiger charge is -2.29. The van der Waals surface area contributed by atoms with E-state index in [9.17, 15) is 4.79 Å². The van der Waals surface area contributed by atoms with Gasteiger partial charge < -0.3 is 14.4 Å². The molecule has 1 amide bonds. The van der Waals surface area contributed by atoms with Crippen molar-refractivity contribution in [3.63, 3.8) is 0 Å². The van der Waals surface area contributed by atoms with Crippen molar-refractivity contribution in [2.45, 2.75) is 31.8 Å². The number of ether oxygens (including phenoxy) is 2. The van der Waals surface area contributed by atoms with E-state index < -0.39 is 0 Å². The predicted octanol–water partition coefficient (Wildman–Crippen LogP) is 3.02. The fourth-order valence-corrected chi connectivity index (χ4v) is 3.61. The summed E-state index contributed by atoms with van der Waals surface area (Å²) < 4.78 is 11.7. The van der Waals surface area contributed by atoms with Crippen LogP contribution in [0.15, 0.2) is 42.5 Å². The number of likely N-dealkylation sites (N-methyl/N-ethyl adjacent to an activating group) is 1. The largest absolute Gasteiger partial charge is 0.486 e. The number of carbonyl (C=O) groups excluding carboxylic acids is 1. The number of carbonyl (C=O) groups is 1. The number of aryl methyl sites for hydroxylation is 2. The molecule has 0 radical (unpaired) electrons. The van der Waals surface area contributed by atoms with Crippen LogP contribution in [0.4, 0.5) is 0 Å². The van der Waals surface area contributed by atoms with Crippen LogP contribution in [-0.4, -0.2) is 37.1 Å². The number of fused-ring (bicyclic) bond motifs is 2. The molecular formula is C21H23NO3. The summed E-state index contributed by atoms with van der Waals surface area (Å²) in [5.74, 6) is 1.63. The Morgan fingerprint density at radius 2 is 1.92 bits per heavy atom. The number of amides is 1. The maximum Gasteiger partial charge on any atom is 0.226 e. The topological polar surface area (TPSA) is 38.8 Å². The molecule has 1 aliphatic heterocycles. The first kappa shape index (κ1) is 16.0. The molecule has 0 aromatic heterocycles. The van der Waals surface area contributed by atoms with Crippen molar-refractivity contribution >= 4 is 5.91 Å². The summed E-state index contributed by atoms with van der Waals surface area (Å²) in [5, 5.41) is 0. The summed E-state index contributed by atoms with van der Waals surface area (Å²) in [5.41, 5.74) is 3.95. The van der Waals surface area contributed by atoms with E-state index in [-0.39, 0.29) is 12.0 Å². The standard InChI is InChI=1S/C21H23NO3/c1-22(13-18-14-24-19-7-2-3-8-20(19)25-18)21(23)12-15-9-10-16-5-4-6-17(16)11-15/h2-3,7-11,18H,4-6,12-14H2,1H3. The SMILES string of the molecule is CN(CC1COc2ccccc2O1)C(=O)Cc1ccc2c(c1)CCC2. The van der Waals surface area contributed by atoms with E-state index in [1.807, 2.05) is 31.3 Å². The van der Waals surface area contributed by atoms with Gasteiger partial charge in [0, 0.05) is 7.05 Å². The van der Waals surface area contributed by atoms with Crippen LogP contribution in [0.3, 0.4) is 0 Å². The molecule has 4 nitrogen and oxygen atoms in total. The van der Waals surface area contributed by atoms with Crippen molar-refractivity contribution in [2.24, 2.45) is 0 Å². The third-order valence-corrected chi connectivity index (χ3v) is 4.99. The summed E-state index contributed by atoms with van der Waals surface area (Å²) in [7, 11) is 1.83. The van der Waals surface area contributed by atoms with Gasteiger partial charge in [-0.1, -0.05) is 30.3 Å². The molecule has 0 saturated heterocycles. The van der Waals surface area contributed by atoms with Crippen LogP contribution in [0.1, 0.15) is 23.1 Å². The molecule has 0 N–H and O–H groups in total. The highest BCUT2D eigenvalue weighted by Crippen LogP contribution is 2.31. The van der Waals surface area contributed by atoms with E-state index in [0.717, 1.165) is 23.5 Å². The van der Waals surface area contributed by atoms with Crippen molar-refractivity contribution in [2.75, 3.05) is 20.2 Å². The molecule has 2 aromatic rings. The second kappa shape index (κ2) is 6.79. The molecule has 0 fully saturated rings. The predicted molar refractivity (Wildman–Crippen MR) is 96.2 cm³/mol. The number of hydrogen-bond donors (Lipinski definition) is 0. The van der Waals surface area contributed by atoms with Crippen LogP contribution in [0.5, 0.6) is 11.5 Å². The molecule has 0 spiro atoms. The minimum Gasteiger partial charge on any atom is -0.486 e. The maximum atomic E-state index is 12.6. The summed E-state index contributed by atoms with van der Waals surface area (Å²) >= 11 is 0. The quantitative estimate of drug-likeness (QED) is 0.861. The van der Waals surface area contributed by atoms with Gasteiger partial charge in [0.25, 0.3) is 0 Å². The number of benzene rings is 2. The lowest BCUT2D eigenvalue weighted by atomic mass is 10.0. The Morgan fingerprint density at radius 3 is 2.80 bits per heavy atom.